The summed E-state index contributed by atoms with van der Waals surface area (Å²) in [4.78, 5) is 16.0. The van der Waals surface area contributed by atoms with E-state index in [2.05, 4.69) is 4.98 Å². The van der Waals surface area contributed by atoms with Crippen LogP contribution in [-0.2, 0) is 0 Å². The summed E-state index contributed by atoms with van der Waals surface area (Å²) in [5.41, 5.74) is 1.77. The first-order valence-corrected chi connectivity index (χ1v) is 6.93. The average molecular weight is 313 g/mol. The number of ether oxygens (including phenoxy) is 1. The van der Waals surface area contributed by atoms with E-state index >= 15 is 0 Å². The third-order valence-corrected chi connectivity index (χ3v) is 3.60. The summed E-state index contributed by atoms with van der Waals surface area (Å²) in [5.74, 6) is -0.757. The van der Waals surface area contributed by atoms with E-state index in [1.807, 2.05) is 6.07 Å². The number of rotatable bonds is 3. The van der Waals surface area contributed by atoms with Crippen molar-refractivity contribution in [1.29, 1.82) is 0 Å². The Morgan fingerprint density at radius 1 is 1.18 bits per heavy atom. The molecular weight excluding hydrogens is 302 g/mol. The molecule has 5 heteroatoms. The Balaban J connectivity index is 2.35. The van der Waals surface area contributed by atoms with Gasteiger partial charge in [0.05, 0.1) is 18.8 Å². The van der Waals surface area contributed by atoms with Crippen molar-refractivity contribution in [3.63, 3.8) is 0 Å². The summed E-state index contributed by atoms with van der Waals surface area (Å²) in [6.45, 7) is 0. The number of nitrogens with zero attached hydrogens (tertiary/aromatic N) is 1. The van der Waals surface area contributed by atoms with E-state index in [-0.39, 0.29) is 5.56 Å². The van der Waals surface area contributed by atoms with Crippen LogP contribution in [0.3, 0.4) is 0 Å². The van der Waals surface area contributed by atoms with Crippen LogP contribution in [0.25, 0.3) is 22.2 Å². The Kier molecular flexibility index (Phi) is 3.69. The molecule has 0 aliphatic rings. The number of methoxy groups -OCH3 is 1. The standard InChI is InChI=1S/C17H12ClNO3/c1-22-15-7-3-6-12-13(17(20)21)9-14(19-16(12)15)10-4-2-5-11(18)8-10/h2-9H,1H3,(H,20,21)/p-1. The average Bonchev–Trinajstić information content (AvgIpc) is 2.53. The van der Waals surface area contributed by atoms with E-state index in [0.717, 1.165) is 5.56 Å². The lowest BCUT2D eigenvalue weighted by molar-refractivity contribution is -0.254. The molecule has 0 atom stereocenters. The van der Waals surface area contributed by atoms with Crippen molar-refractivity contribution >= 4 is 28.5 Å². The molecule has 110 valence electrons. The van der Waals surface area contributed by atoms with Crippen molar-refractivity contribution in [1.82, 2.24) is 4.98 Å². The number of pyridine rings is 1. The molecule has 1 aromatic heterocycles. The SMILES string of the molecule is COc1cccc2c(C(=O)[O-])cc(-c3cccc(Cl)c3)nc12. The Morgan fingerprint density at radius 3 is 2.64 bits per heavy atom. The second-order valence-corrected chi connectivity index (χ2v) is 5.15. The fourth-order valence-corrected chi connectivity index (χ4v) is 2.54. The molecule has 22 heavy (non-hydrogen) atoms. The second-order valence-electron chi connectivity index (χ2n) is 4.71. The molecule has 0 saturated carbocycles. The molecule has 0 N–H and O–H groups in total. The van der Waals surface area contributed by atoms with Gasteiger partial charge in [0.25, 0.3) is 0 Å². The van der Waals surface area contributed by atoms with Crippen molar-refractivity contribution in [3.8, 4) is 17.0 Å². The molecule has 4 nitrogen and oxygen atoms in total. The Bertz CT molecular complexity index is 877. The molecular formula is C17H11ClNO3-. The van der Waals surface area contributed by atoms with Gasteiger partial charge in [-0.1, -0.05) is 35.9 Å². The van der Waals surface area contributed by atoms with Crippen molar-refractivity contribution in [2.45, 2.75) is 0 Å². The maximum Gasteiger partial charge on any atom is 0.145 e. The van der Waals surface area contributed by atoms with E-state index in [1.165, 1.54) is 13.2 Å². The predicted molar refractivity (Wildman–Crippen MR) is 83.1 cm³/mol. The highest BCUT2D eigenvalue weighted by molar-refractivity contribution is 6.30. The summed E-state index contributed by atoms with van der Waals surface area (Å²) >= 11 is 5.99. The lowest BCUT2D eigenvalue weighted by atomic mass is 10.0. The van der Waals surface area contributed by atoms with Crippen LogP contribution in [0.4, 0.5) is 0 Å². The van der Waals surface area contributed by atoms with Gasteiger partial charge in [-0.2, -0.15) is 0 Å². The van der Waals surface area contributed by atoms with Gasteiger partial charge in [0.2, 0.25) is 0 Å². The first-order valence-electron chi connectivity index (χ1n) is 6.55. The molecule has 0 spiro atoms. The van der Waals surface area contributed by atoms with Crippen molar-refractivity contribution in [2.24, 2.45) is 0 Å². The van der Waals surface area contributed by atoms with E-state index in [0.29, 0.717) is 27.4 Å². The third kappa shape index (κ3) is 2.49. The lowest BCUT2D eigenvalue weighted by Gasteiger charge is -2.13. The Labute approximate surface area is 131 Å². The number of hydrogen-bond donors (Lipinski definition) is 0. The zero-order valence-corrected chi connectivity index (χ0v) is 12.4. The zero-order valence-electron chi connectivity index (χ0n) is 11.7. The number of aromatic carboxylic acids is 1. The van der Waals surface area contributed by atoms with Crippen LogP contribution in [0, 0.1) is 0 Å². The molecule has 0 aliphatic heterocycles. The summed E-state index contributed by atoms with van der Waals surface area (Å²) in [5, 5.41) is 12.5. The topological polar surface area (TPSA) is 62.2 Å². The summed E-state index contributed by atoms with van der Waals surface area (Å²) in [6, 6.07) is 13.7. The van der Waals surface area contributed by atoms with Crippen molar-refractivity contribution in [2.75, 3.05) is 7.11 Å². The van der Waals surface area contributed by atoms with Gasteiger partial charge in [0.1, 0.15) is 11.3 Å². The van der Waals surface area contributed by atoms with Gasteiger partial charge in [0, 0.05) is 21.5 Å². The quantitative estimate of drug-likeness (QED) is 0.746. The minimum atomic E-state index is -1.26. The molecule has 0 radical (unpaired) electrons. The largest absolute Gasteiger partial charge is 0.545 e. The minimum Gasteiger partial charge on any atom is -0.545 e. The smallest absolute Gasteiger partial charge is 0.145 e. The number of hydrogen-bond acceptors (Lipinski definition) is 4. The Morgan fingerprint density at radius 2 is 1.95 bits per heavy atom. The number of carbonyl (C=O) groups is 1. The highest BCUT2D eigenvalue weighted by Gasteiger charge is 2.12. The van der Waals surface area contributed by atoms with Gasteiger partial charge >= 0.3 is 0 Å². The monoisotopic (exact) mass is 312 g/mol. The number of halogens is 1. The maximum atomic E-state index is 11.5. The molecule has 2 aromatic carbocycles. The van der Waals surface area contributed by atoms with E-state index in [1.54, 1.807) is 36.4 Å². The van der Waals surface area contributed by atoms with Crippen molar-refractivity contribution in [3.05, 3.63) is 59.1 Å². The number of para-hydroxylation sites is 1. The molecule has 0 bridgehead atoms. The normalized spacial score (nSPS) is 10.6. The first-order chi connectivity index (χ1) is 10.6. The highest BCUT2D eigenvalue weighted by atomic mass is 35.5. The second kappa shape index (κ2) is 5.66. The van der Waals surface area contributed by atoms with Gasteiger partial charge in [-0.25, -0.2) is 4.98 Å². The first kappa shape index (κ1) is 14.4. The molecule has 3 aromatic rings. The molecule has 0 amide bonds. The number of carboxylic acid groups (broad SMARTS) is 1. The molecule has 0 unspecified atom stereocenters. The fraction of sp³-hybridized carbons (Fsp3) is 0.0588. The van der Waals surface area contributed by atoms with Crippen LogP contribution in [0.15, 0.2) is 48.5 Å². The van der Waals surface area contributed by atoms with Crippen LogP contribution < -0.4 is 9.84 Å². The molecule has 3 rings (SSSR count). The number of fused-ring (bicyclic) bond motifs is 1. The molecule has 0 fully saturated rings. The number of carbonyl (C=O) groups excluding carboxylic acids is 1. The van der Waals surface area contributed by atoms with Crippen LogP contribution in [0.1, 0.15) is 10.4 Å². The van der Waals surface area contributed by atoms with E-state index < -0.39 is 5.97 Å². The van der Waals surface area contributed by atoms with Gasteiger partial charge < -0.3 is 14.6 Å². The maximum absolute atomic E-state index is 11.5. The molecule has 0 saturated heterocycles. The van der Waals surface area contributed by atoms with Gasteiger partial charge in [0.15, 0.2) is 0 Å². The summed E-state index contributed by atoms with van der Waals surface area (Å²) in [6.07, 6.45) is 0. The lowest BCUT2D eigenvalue weighted by Crippen LogP contribution is -2.22. The van der Waals surface area contributed by atoms with Crippen LogP contribution in [0.2, 0.25) is 5.02 Å². The van der Waals surface area contributed by atoms with Crippen LogP contribution >= 0.6 is 11.6 Å². The minimum absolute atomic E-state index is 0.0684. The van der Waals surface area contributed by atoms with E-state index in [4.69, 9.17) is 16.3 Å². The van der Waals surface area contributed by atoms with Gasteiger partial charge in [-0.05, 0) is 24.3 Å². The molecule has 1 heterocycles. The van der Waals surface area contributed by atoms with Gasteiger partial charge in [-0.3, -0.25) is 0 Å². The Hall–Kier alpha value is -2.59. The van der Waals surface area contributed by atoms with Crippen LogP contribution in [-0.4, -0.2) is 18.1 Å². The van der Waals surface area contributed by atoms with Crippen molar-refractivity contribution < 1.29 is 14.6 Å². The van der Waals surface area contributed by atoms with Gasteiger partial charge in [-0.15, -0.1) is 0 Å². The highest BCUT2D eigenvalue weighted by Crippen LogP contribution is 2.30. The predicted octanol–water partition coefficient (Wildman–Crippen LogP) is 2.93. The molecule has 0 aliphatic carbocycles. The number of benzene rings is 2. The number of carboxylic acids is 1. The summed E-state index contributed by atoms with van der Waals surface area (Å²) in [7, 11) is 1.52. The summed E-state index contributed by atoms with van der Waals surface area (Å²) < 4.78 is 5.27. The zero-order chi connectivity index (χ0) is 15.7. The number of aromatic nitrogens is 1. The van der Waals surface area contributed by atoms with E-state index in [9.17, 15) is 9.90 Å². The fourth-order valence-electron chi connectivity index (χ4n) is 2.35. The third-order valence-electron chi connectivity index (χ3n) is 3.36. The van der Waals surface area contributed by atoms with Crippen LogP contribution in [0.5, 0.6) is 5.75 Å².